The Labute approximate surface area is 218 Å². The molecule has 37 heavy (non-hydrogen) atoms. The van der Waals surface area contributed by atoms with Crippen LogP contribution in [0, 0.1) is 0 Å². The van der Waals surface area contributed by atoms with Crippen LogP contribution in [0.1, 0.15) is 32.8 Å². The highest BCUT2D eigenvalue weighted by molar-refractivity contribution is 5.69. The van der Waals surface area contributed by atoms with Gasteiger partial charge in [0.05, 0.1) is 13.7 Å². The van der Waals surface area contributed by atoms with Crippen molar-refractivity contribution >= 4 is 24.0 Å². The van der Waals surface area contributed by atoms with Crippen molar-refractivity contribution < 1.29 is 23.8 Å². The SMILES string of the molecule is COc1ccc(CNc2ccnc(N3CC[C@H](OC(=O)N(C)CCN(C)C(=O)OC(C)(C)C)C3)n2)cc1. The lowest BCUT2D eigenvalue weighted by Crippen LogP contribution is -2.41. The molecule has 1 saturated heterocycles. The minimum atomic E-state index is -0.569. The van der Waals surface area contributed by atoms with Crippen LogP contribution in [0.3, 0.4) is 0 Å². The maximum absolute atomic E-state index is 12.6. The fraction of sp³-hybridized carbons (Fsp3) is 0.538. The van der Waals surface area contributed by atoms with E-state index in [9.17, 15) is 9.59 Å². The van der Waals surface area contributed by atoms with Gasteiger partial charge < -0.3 is 34.2 Å². The van der Waals surface area contributed by atoms with Crippen LogP contribution >= 0.6 is 0 Å². The normalized spacial score (nSPS) is 15.2. The van der Waals surface area contributed by atoms with E-state index in [0.29, 0.717) is 45.1 Å². The number of carbonyl (C=O) groups excluding carboxylic acids is 2. The molecule has 0 saturated carbocycles. The van der Waals surface area contributed by atoms with E-state index in [2.05, 4.69) is 15.3 Å². The maximum atomic E-state index is 12.6. The number of amides is 2. The second-order valence-corrected chi connectivity index (χ2v) is 10.0. The molecule has 1 atom stereocenters. The monoisotopic (exact) mass is 514 g/mol. The largest absolute Gasteiger partial charge is 0.497 e. The van der Waals surface area contributed by atoms with Gasteiger partial charge in [-0.1, -0.05) is 12.1 Å². The van der Waals surface area contributed by atoms with Gasteiger partial charge in [0.1, 0.15) is 23.3 Å². The van der Waals surface area contributed by atoms with Crippen LogP contribution in [-0.4, -0.2) is 91.0 Å². The van der Waals surface area contributed by atoms with Crippen LogP contribution in [0.2, 0.25) is 0 Å². The number of rotatable bonds is 9. The van der Waals surface area contributed by atoms with E-state index < -0.39 is 17.8 Å². The van der Waals surface area contributed by atoms with E-state index in [-0.39, 0.29) is 6.10 Å². The molecule has 1 aliphatic heterocycles. The zero-order valence-corrected chi connectivity index (χ0v) is 22.6. The van der Waals surface area contributed by atoms with Crippen molar-refractivity contribution in [2.24, 2.45) is 0 Å². The minimum absolute atomic E-state index is 0.266. The third kappa shape index (κ3) is 8.69. The van der Waals surface area contributed by atoms with Gasteiger partial charge in [0, 0.05) is 52.9 Å². The summed E-state index contributed by atoms with van der Waals surface area (Å²) in [6.07, 6.45) is 1.27. The summed E-state index contributed by atoms with van der Waals surface area (Å²) in [6, 6.07) is 9.67. The molecule has 0 spiro atoms. The second-order valence-electron chi connectivity index (χ2n) is 10.0. The highest BCUT2D eigenvalue weighted by atomic mass is 16.6. The first-order valence-corrected chi connectivity index (χ1v) is 12.3. The van der Waals surface area contributed by atoms with Crippen LogP contribution in [0.25, 0.3) is 0 Å². The quantitative estimate of drug-likeness (QED) is 0.537. The third-order valence-electron chi connectivity index (χ3n) is 5.76. The van der Waals surface area contributed by atoms with Gasteiger partial charge >= 0.3 is 12.2 Å². The summed E-state index contributed by atoms with van der Waals surface area (Å²) in [5, 5.41) is 3.32. The highest BCUT2D eigenvalue weighted by Gasteiger charge is 2.29. The molecular weight excluding hydrogens is 476 g/mol. The van der Waals surface area contributed by atoms with Crippen LogP contribution in [0.15, 0.2) is 36.5 Å². The minimum Gasteiger partial charge on any atom is -0.497 e. The van der Waals surface area contributed by atoms with E-state index in [0.717, 1.165) is 17.1 Å². The Morgan fingerprint density at radius 1 is 1.08 bits per heavy atom. The number of aromatic nitrogens is 2. The zero-order chi connectivity index (χ0) is 27.0. The summed E-state index contributed by atoms with van der Waals surface area (Å²) in [7, 11) is 4.94. The van der Waals surface area contributed by atoms with Crippen LogP contribution in [0.4, 0.5) is 21.4 Å². The van der Waals surface area contributed by atoms with Gasteiger partial charge in [0.15, 0.2) is 0 Å². The number of anilines is 2. The topological polar surface area (TPSA) is 109 Å². The number of ether oxygens (including phenoxy) is 3. The van der Waals surface area contributed by atoms with Crippen molar-refractivity contribution in [1.29, 1.82) is 0 Å². The maximum Gasteiger partial charge on any atom is 0.410 e. The number of hydrogen-bond donors (Lipinski definition) is 1. The van der Waals surface area contributed by atoms with Crippen LogP contribution in [-0.2, 0) is 16.0 Å². The zero-order valence-electron chi connectivity index (χ0n) is 22.6. The first kappa shape index (κ1) is 27.8. The molecule has 1 N–H and O–H groups in total. The number of benzene rings is 1. The molecule has 1 aromatic heterocycles. The van der Waals surface area contributed by atoms with E-state index in [1.807, 2.05) is 56.0 Å². The summed E-state index contributed by atoms with van der Waals surface area (Å²) >= 11 is 0. The molecule has 2 amide bonds. The summed E-state index contributed by atoms with van der Waals surface area (Å²) in [4.78, 5) is 38.6. The Morgan fingerprint density at radius 2 is 1.76 bits per heavy atom. The second kappa shape index (κ2) is 12.5. The number of hydrogen-bond acceptors (Lipinski definition) is 9. The first-order chi connectivity index (χ1) is 17.5. The van der Waals surface area contributed by atoms with Crippen molar-refractivity contribution in [3.05, 3.63) is 42.1 Å². The Morgan fingerprint density at radius 3 is 2.41 bits per heavy atom. The smallest absolute Gasteiger partial charge is 0.410 e. The Hall–Kier alpha value is -3.76. The highest BCUT2D eigenvalue weighted by Crippen LogP contribution is 2.20. The molecule has 2 aromatic rings. The number of carbonyl (C=O) groups is 2. The Balaban J connectivity index is 1.44. The van der Waals surface area contributed by atoms with Gasteiger partial charge in [-0.25, -0.2) is 14.6 Å². The molecule has 1 aliphatic rings. The summed E-state index contributed by atoms with van der Waals surface area (Å²) in [6.45, 7) is 7.92. The van der Waals surface area contributed by atoms with Crippen molar-refractivity contribution in [2.75, 3.05) is 57.6 Å². The molecule has 0 bridgehead atoms. The van der Waals surface area contributed by atoms with E-state index in [4.69, 9.17) is 14.2 Å². The molecule has 1 aromatic carbocycles. The molecule has 3 rings (SSSR count). The van der Waals surface area contributed by atoms with Gasteiger partial charge in [0.2, 0.25) is 5.95 Å². The molecule has 202 valence electrons. The van der Waals surface area contributed by atoms with Crippen molar-refractivity contribution in [1.82, 2.24) is 19.8 Å². The van der Waals surface area contributed by atoms with Crippen LogP contribution in [0.5, 0.6) is 5.75 Å². The number of nitrogens with zero attached hydrogens (tertiary/aromatic N) is 5. The lowest BCUT2D eigenvalue weighted by molar-refractivity contribution is 0.0274. The molecule has 0 radical (unpaired) electrons. The number of methoxy groups -OCH3 is 1. The third-order valence-corrected chi connectivity index (χ3v) is 5.76. The predicted octanol–water partition coefficient (Wildman–Crippen LogP) is 3.61. The predicted molar refractivity (Wildman–Crippen MR) is 141 cm³/mol. The Kier molecular flexibility index (Phi) is 9.37. The fourth-order valence-corrected chi connectivity index (χ4v) is 3.60. The molecule has 11 heteroatoms. The molecule has 0 aliphatic carbocycles. The summed E-state index contributed by atoms with van der Waals surface area (Å²) in [5.41, 5.74) is 0.538. The van der Waals surface area contributed by atoms with Gasteiger partial charge in [-0.3, -0.25) is 0 Å². The number of likely N-dealkylation sites (N-methyl/N-ethyl adjacent to an activating group) is 2. The van der Waals surface area contributed by atoms with Crippen LogP contribution < -0.4 is 15.0 Å². The lowest BCUT2D eigenvalue weighted by atomic mass is 10.2. The average molecular weight is 515 g/mol. The van der Waals surface area contributed by atoms with Gasteiger partial charge in [-0.05, 0) is 44.5 Å². The Bertz CT molecular complexity index is 1040. The van der Waals surface area contributed by atoms with Gasteiger partial charge in [0.25, 0.3) is 0 Å². The lowest BCUT2D eigenvalue weighted by Gasteiger charge is -2.26. The van der Waals surface area contributed by atoms with E-state index in [1.54, 1.807) is 27.4 Å². The fourth-order valence-electron chi connectivity index (χ4n) is 3.60. The summed E-state index contributed by atoms with van der Waals surface area (Å²) < 4.78 is 16.2. The standard InChI is InChI=1S/C26H38N6O5/c1-26(2,3)37-25(34)31(5)16-15-30(4)24(33)36-21-12-14-32(18-21)23-27-13-11-22(29-23)28-17-19-7-9-20(35-6)10-8-19/h7-11,13,21H,12,14-18H2,1-6H3,(H,27,28,29)/t21-/m0/s1. The van der Waals surface area contributed by atoms with Crippen molar-refractivity contribution in [3.8, 4) is 5.75 Å². The summed E-state index contributed by atoms with van der Waals surface area (Å²) in [5.74, 6) is 2.12. The van der Waals surface area contributed by atoms with E-state index >= 15 is 0 Å². The molecule has 0 unspecified atom stereocenters. The molecule has 1 fully saturated rings. The number of nitrogens with one attached hydrogen (secondary N) is 1. The van der Waals surface area contributed by atoms with Crippen molar-refractivity contribution in [3.63, 3.8) is 0 Å². The average Bonchev–Trinajstić information content (AvgIpc) is 3.33. The van der Waals surface area contributed by atoms with Gasteiger partial charge in [-0.15, -0.1) is 0 Å². The van der Waals surface area contributed by atoms with E-state index in [1.165, 1.54) is 9.80 Å². The molecule has 2 heterocycles. The molecular formula is C26H38N6O5. The van der Waals surface area contributed by atoms with Gasteiger partial charge in [-0.2, -0.15) is 4.98 Å². The molecule has 11 nitrogen and oxygen atoms in total. The first-order valence-electron chi connectivity index (χ1n) is 12.3. The van der Waals surface area contributed by atoms with Crippen molar-refractivity contribution in [2.45, 2.75) is 45.4 Å².